The monoisotopic (exact) mass is 262 g/mol. The first-order valence-electron chi connectivity index (χ1n) is 5.06. The lowest BCUT2D eigenvalue weighted by Crippen LogP contribution is -1.90. The SMILES string of the molecule is C1=CC(c2cccs2)SC(c2cccs2)=C1. The Bertz CT molecular complexity index is 503. The third-order valence-corrected chi connectivity index (χ3v) is 5.79. The van der Waals surface area contributed by atoms with E-state index in [0.29, 0.717) is 5.25 Å². The van der Waals surface area contributed by atoms with Crippen molar-refractivity contribution < 1.29 is 0 Å². The van der Waals surface area contributed by atoms with Crippen molar-refractivity contribution in [1.82, 2.24) is 0 Å². The molecule has 80 valence electrons. The van der Waals surface area contributed by atoms with E-state index in [-0.39, 0.29) is 0 Å². The molecular formula is C13H10S3. The maximum absolute atomic E-state index is 2.27. The topological polar surface area (TPSA) is 0 Å². The average molecular weight is 262 g/mol. The summed E-state index contributed by atoms with van der Waals surface area (Å²) in [6.07, 6.45) is 6.66. The Balaban J connectivity index is 1.85. The summed E-state index contributed by atoms with van der Waals surface area (Å²) in [6.45, 7) is 0. The van der Waals surface area contributed by atoms with Gasteiger partial charge in [0.05, 0.1) is 5.25 Å². The summed E-state index contributed by atoms with van der Waals surface area (Å²) in [5.41, 5.74) is 0. The van der Waals surface area contributed by atoms with E-state index in [9.17, 15) is 0 Å². The van der Waals surface area contributed by atoms with Gasteiger partial charge in [0.25, 0.3) is 0 Å². The highest BCUT2D eigenvalue weighted by atomic mass is 32.2. The van der Waals surface area contributed by atoms with Gasteiger partial charge in [-0.05, 0) is 29.0 Å². The molecule has 0 saturated heterocycles. The lowest BCUT2D eigenvalue weighted by atomic mass is 10.3. The van der Waals surface area contributed by atoms with E-state index in [1.165, 1.54) is 14.7 Å². The predicted octanol–water partition coefficient (Wildman–Crippen LogP) is 5.19. The lowest BCUT2D eigenvalue weighted by molar-refractivity contribution is 1.30. The van der Waals surface area contributed by atoms with Crippen molar-refractivity contribution in [3.05, 3.63) is 63.0 Å². The minimum atomic E-state index is 0.488. The summed E-state index contributed by atoms with van der Waals surface area (Å²) < 4.78 is 0. The third kappa shape index (κ3) is 2.03. The Morgan fingerprint density at radius 1 is 1.00 bits per heavy atom. The fraction of sp³-hybridized carbons (Fsp3) is 0.0769. The number of hydrogen-bond acceptors (Lipinski definition) is 3. The summed E-state index contributed by atoms with van der Waals surface area (Å²) >= 11 is 5.58. The molecule has 0 aliphatic carbocycles. The minimum absolute atomic E-state index is 0.488. The molecule has 1 atom stereocenters. The van der Waals surface area contributed by atoms with Crippen LogP contribution in [-0.2, 0) is 0 Å². The number of allylic oxidation sites excluding steroid dienone is 2. The molecule has 2 aromatic rings. The molecule has 3 heterocycles. The van der Waals surface area contributed by atoms with Crippen LogP contribution in [0.2, 0.25) is 0 Å². The Hall–Kier alpha value is -0.770. The summed E-state index contributed by atoms with van der Waals surface area (Å²) in [7, 11) is 0. The molecule has 1 aliphatic rings. The van der Waals surface area contributed by atoms with Gasteiger partial charge < -0.3 is 0 Å². The van der Waals surface area contributed by atoms with Crippen molar-refractivity contribution in [1.29, 1.82) is 0 Å². The van der Waals surface area contributed by atoms with Crippen LogP contribution in [-0.4, -0.2) is 0 Å². The van der Waals surface area contributed by atoms with Crippen molar-refractivity contribution in [2.75, 3.05) is 0 Å². The lowest BCUT2D eigenvalue weighted by Gasteiger charge is -2.15. The first-order valence-corrected chi connectivity index (χ1v) is 7.70. The number of hydrogen-bond donors (Lipinski definition) is 0. The van der Waals surface area contributed by atoms with Crippen LogP contribution in [0.1, 0.15) is 15.0 Å². The predicted molar refractivity (Wildman–Crippen MR) is 76.1 cm³/mol. The van der Waals surface area contributed by atoms with Gasteiger partial charge in [-0.2, -0.15) is 0 Å². The van der Waals surface area contributed by atoms with Gasteiger partial charge in [0.15, 0.2) is 0 Å². The van der Waals surface area contributed by atoms with E-state index in [1.54, 1.807) is 0 Å². The number of rotatable bonds is 2. The van der Waals surface area contributed by atoms with Crippen LogP contribution in [0.3, 0.4) is 0 Å². The molecule has 3 rings (SSSR count). The Labute approximate surface area is 107 Å². The summed E-state index contributed by atoms with van der Waals surface area (Å²) in [4.78, 5) is 4.19. The third-order valence-electron chi connectivity index (χ3n) is 2.38. The van der Waals surface area contributed by atoms with Crippen LogP contribution < -0.4 is 0 Å². The standard InChI is InChI=1S/C13H10S3/c1-4-12(10-6-2-8-14-10)16-13(5-1)11-7-3-9-15-11/h1-9,12H. The maximum atomic E-state index is 2.27. The Morgan fingerprint density at radius 2 is 1.88 bits per heavy atom. The number of thioether (sulfide) groups is 1. The van der Waals surface area contributed by atoms with Crippen LogP contribution in [0.5, 0.6) is 0 Å². The summed E-state index contributed by atoms with van der Waals surface area (Å²) in [5, 5.41) is 4.77. The molecule has 0 fully saturated rings. The van der Waals surface area contributed by atoms with Gasteiger partial charge in [0.2, 0.25) is 0 Å². The smallest absolute Gasteiger partial charge is 0.0621 e. The maximum Gasteiger partial charge on any atom is 0.0621 e. The quantitative estimate of drug-likeness (QED) is 0.717. The van der Waals surface area contributed by atoms with Crippen molar-refractivity contribution in [2.24, 2.45) is 0 Å². The van der Waals surface area contributed by atoms with Crippen LogP contribution in [0.15, 0.2) is 53.3 Å². The Morgan fingerprint density at radius 3 is 2.62 bits per heavy atom. The normalized spacial score (nSPS) is 19.8. The molecule has 1 aliphatic heterocycles. The van der Waals surface area contributed by atoms with E-state index in [2.05, 4.69) is 53.3 Å². The van der Waals surface area contributed by atoms with Crippen molar-refractivity contribution >= 4 is 39.3 Å². The fourth-order valence-corrected chi connectivity index (χ4v) is 4.53. The molecule has 2 aromatic heterocycles. The van der Waals surface area contributed by atoms with E-state index < -0.39 is 0 Å². The second-order valence-corrected chi connectivity index (χ2v) is 6.56. The first kappa shape index (κ1) is 10.4. The number of thiophene rings is 2. The van der Waals surface area contributed by atoms with Gasteiger partial charge in [-0.3, -0.25) is 0 Å². The molecule has 16 heavy (non-hydrogen) atoms. The van der Waals surface area contributed by atoms with Crippen LogP contribution in [0, 0.1) is 0 Å². The highest BCUT2D eigenvalue weighted by Gasteiger charge is 2.16. The molecule has 0 bridgehead atoms. The highest BCUT2D eigenvalue weighted by Crippen LogP contribution is 2.45. The molecule has 0 radical (unpaired) electrons. The molecule has 1 unspecified atom stereocenters. The average Bonchev–Trinajstić information content (AvgIpc) is 3.03. The second kappa shape index (κ2) is 4.62. The molecule has 0 saturated carbocycles. The first-order chi connectivity index (χ1) is 7.93. The molecule has 0 N–H and O–H groups in total. The zero-order chi connectivity index (χ0) is 10.8. The van der Waals surface area contributed by atoms with Crippen molar-refractivity contribution in [3.8, 4) is 0 Å². The summed E-state index contributed by atoms with van der Waals surface area (Å²) in [5.74, 6) is 0. The largest absolute Gasteiger partial charge is 0.147 e. The fourth-order valence-electron chi connectivity index (χ4n) is 1.62. The van der Waals surface area contributed by atoms with Gasteiger partial charge in [-0.1, -0.05) is 24.3 Å². The molecule has 3 heteroatoms. The second-order valence-electron chi connectivity index (χ2n) is 3.45. The van der Waals surface area contributed by atoms with E-state index in [0.717, 1.165) is 0 Å². The minimum Gasteiger partial charge on any atom is -0.147 e. The van der Waals surface area contributed by atoms with Crippen LogP contribution >= 0.6 is 34.4 Å². The van der Waals surface area contributed by atoms with Crippen LogP contribution in [0.25, 0.3) is 4.91 Å². The highest BCUT2D eigenvalue weighted by molar-refractivity contribution is 8.09. The zero-order valence-corrected chi connectivity index (χ0v) is 10.9. The van der Waals surface area contributed by atoms with Crippen LogP contribution in [0.4, 0.5) is 0 Å². The molecule has 0 aromatic carbocycles. The van der Waals surface area contributed by atoms with Gasteiger partial charge in [-0.25, -0.2) is 0 Å². The van der Waals surface area contributed by atoms with Gasteiger partial charge in [0.1, 0.15) is 0 Å². The Kier molecular flexibility index (Phi) is 3.00. The van der Waals surface area contributed by atoms with Gasteiger partial charge >= 0.3 is 0 Å². The molecular weight excluding hydrogens is 252 g/mol. The van der Waals surface area contributed by atoms with E-state index in [4.69, 9.17) is 0 Å². The van der Waals surface area contributed by atoms with E-state index >= 15 is 0 Å². The van der Waals surface area contributed by atoms with Crippen molar-refractivity contribution in [2.45, 2.75) is 5.25 Å². The molecule has 0 nitrogen and oxygen atoms in total. The van der Waals surface area contributed by atoms with E-state index in [1.807, 2.05) is 34.4 Å². The van der Waals surface area contributed by atoms with Gasteiger partial charge in [-0.15, -0.1) is 34.4 Å². The molecule has 0 amide bonds. The zero-order valence-electron chi connectivity index (χ0n) is 8.50. The van der Waals surface area contributed by atoms with Gasteiger partial charge in [0, 0.05) is 14.7 Å². The molecule has 0 spiro atoms. The van der Waals surface area contributed by atoms with Crippen molar-refractivity contribution in [3.63, 3.8) is 0 Å². The summed E-state index contributed by atoms with van der Waals surface area (Å²) in [6, 6.07) is 8.63.